The number of nitrogens with zero attached hydrogens (tertiary/aromatic N) is 3. The fourth-order valence-electron chi connectivity index (χ4n) is 2.05. The third-order valence-corrected chi connectivity index (χ3v) is 4.81. The van der Waals surface area contributed by atoms with Crippen molar-refractivity contribution in [1.82, 2.24) is 19.5 Å². The molecule has 0 aliphatic carbocycles. The van der Waals surface area contributed by atoms with Gasteiger partial charge >= 0.3 is 12.0 Å². The van der Waals surface area contributed by atoms with Crippen molar-refractivity contribution in [3.05, 3.63) is 22.8 Å². The maximum Gasteiger partial charge on any atom is 0.341 e. The Balaban J connectivity index is 2.30. The Morgan fingerprint density at radius 3 is 2.48 bits per heavy atom. The van der Waals surface area contributed by atoms with Gasteiger partial charge in [0.1, 0.15) is 17.1 Å². The van der Waals surface area contributed by atoms with E-state index in [2.05, 4.69) is 15.4 Å². The van der Waals surface area contributed by atoms with Gasteiger partial charge in [0.15, 0.2) is 10.2 Å². The molecule has 3 N–H and O–H groups in total. The molecular formula is C13H14ClN5O7S. The first-order valence-electron chi connectivity index (χ1n) is 6.98. The Bertz CT molecular complexity index is 982. The molecule has 0 aromatic carbocycles. The number of rotatable bonds is 6. The Hall–Kier alpha value is -3.06. The van der Waals surface area contributed by atoms with Crippen LogP contribution in [0.5, 0.6) is 11.6 Å². The molecule has 0 atom stereocenters. The second-order valence-electron chi connectivity index (χ2n) is 4.89. The lowest BCUT2D eigenvalue weighted by Gasteiger charge is -2.11. The van der Waals surface area contributed by atoms with Crippen LogP contribution in [0.25, 0.3) is 0 Å². The van der Waals surface area contributed by atoms with Crippen molar-refractivity contribution in [3.63, 3.8) is 0 Å². The van der Waals surface area contributed by atoms with E-state index in [0.717, 1.165) is 4.68 Å². The van der Waals surface area contributed by atoms with Crippen molar-refractivity contribution in [2.45, 2.75) is 5.03 Å². The van der Waals surface area contributed by atoms with Crippen LogP contribution in [-0.4, -0.2) is 54.5 Å². The number of sulfonamides is 1. The number of hydrogen-bond acceptors (Lipinski definition) is 8. The zero-order chi connectivity index (χ0) is 20.4. The van der Waals surface area contributed by atoms with E-state index in [1.54, 1.807) is 4.72 Å². The molecule has 0 fully saturated rings. The largest absolute Gasteiger partial charge is 0.496 e. The summed E-state index contributed by atoms with van der Waals surface area (Å²) in [6.45, 7) is 0. The molecule has 0 bridgehead atoms. The highest BCUT2D eigenvalue weighted by atomic mass is 35.5. The number of ether oxygens (including phenoxy) is 2. The molecule has 0 aliphatic rings. The predicted octanol–water partition coefficient (Wildman–Crippen LogP) is 0.694. The first-order valence-corrected chi connectivity index (χ1v) is 8.84. The second-order valence-corrected chi connectivity index (χ2v) is 6.85. The number of amides is 2. The van der Waals surface area contributed by atoms with Gasteiger partial charge in [-0.25, -0.2) is 14.3 Å². The predicted molar refractivity (Wildman–Crippen MR) is 91.9 cm³/mol. The molecule has 12 nitrogen and oxygen atoms in total. The summed E-state index contributed by atoms with van der Waals surface area (Å²) in [5, 5.41) is 13.5. The first kappa shape index (κ1) is 20.3. The lowest BCUT2D eigenvalue weighted by Crippen LogP contribution is -2.36. The average Bonchev–Trinajstić information content (AvgIpc) is 2.88. The molecule has 0 unspecified atom stereocenters. The van der Waals surface area contributed by atoms with E-state index in [0.29, 0.717) is 5.75 Å². The van der Waals surface area contributed by atoms with E-state index in [4.69, 9.17) is 26.2 Å². The Morgan fingerprint density at radius 1 is 1.26 bits per heavy atom. The van der Waals surface area contributed by atoms with Crippen LogP contribution in [0.3, 0.4) is 0 Å². The minimum absolute atomic E-state index is 0.0691. The lowest BCUT2D eigenvalue weighted by molar-refractivity contribution is 0.0692. The summed E-state index contributed by atoms with van der Waals surface area (Å²) in [6.07, 6.45) is 0. The Kier molecular flexibility index (Phi) is 5.75. The third kappa shape index (κ3) is 4.38. The van der Waals surface area contributed by atoms with Gasteiger partial charge in [-0.05, 0) is 0 Å². The van der Waals surface area contributed by atoms with Gasteiger partial charge in [0.2, 0.25) is 5.88 Å². The van der Waals surface area contributed by atoms with Crippen LogP contribution in [0.2, 0.25) is 5.15 Å². The molecule has 2 heterocycles. The summed E-state index contributed by atoms with van der Waals surface area (Å²) in [6, 6.07) is 1.56. The van der Waals surface area contributed by atoms with Gasteiger partial charge in [-0.3, -0.25) is 10.00 Å². The Morgan fingerprint density at radius 2 is 1.93 bits per heavy atom. The molecule has 27 heavy (non-hydrogen) atoms. The SMILES string of the molecule is COc1cc(NC(=O)NS(=O)(=O)c2c(C(=O)O)c(Cl)nn2C)nc(OC)c1. The van der Waals surface area contributed by atoms with Crippen LogP contribution in [0, 0.1) is 0 Å². The second kappa shape index (κ2) is 7.67. The zero-order valence-electron chi connectivity index (χ0n) is 14.2. The highest BCUT2D eigenvalue weighted by molar-refractivity contribution is 7.90. The topological polar surface area (TPSA) is 162 Å². The quantitative estimate of drug-likeness (QED) is 0.611. The van der Waals surface area contributed by atoms with Gasteiger partial charge in [0.25, 0.3) is 10.0 Å². The number of aromatic nitrogens is 3. The number of hydrogen-bond donors (Lipinski definition) is 3. The molecule has 2 rings (SSSR count). The molecule has 14 heteroatoms. The van der Waals surface area contributed by atoms with Gasteiger partial charge in [0.05, 0.1) is 14.2 Å². The Labute approximate surface area is 158 Å². The average molecular weight is 420 g/mol. The molecule has 0 saturated heterocycles. The van der Waals surface area contributed by atoms with Crippen molar-refractivity contribution in [3.8, 4) is 11.6 Å². The summed E-state index contributed by atoms with van der Waals surface area (Å²) >= 11 is 5.64. The number of pyridine rings is 1. The molecule has 2 amide bonds. The van der Waals surface area contributed by atoms with Crippen molar-refractivity contribution in [2.24, 2.45) is 7.05 Å². The molecule has 0 saturated carbocycles. The van der Waals surface area contributed by atoms with Crippen LogP contribution in [0.15, 0.2) is 17.2 Å². The fraction of sp³-hybridized carbons (Fsp3) is 0.231. The maximum absolute atomic E-state index is 12.4. The van der Waals surface area contributed by atoms with Crippen molar-refractivity contribution < 1.29 is 32.6 Å². The highest BCUT2D eigenvalue weighted by Gasteiger charge is 2.32. The minimum Gasteiger partial charge on any atom is -0.496 e. The number of halogens is 1. The van der Waals surface area contributed by atoms with Gasteiger partial charge in [-0.1, -0.05) is 11.6 Å². The summed E-state index contributed by atoms with van der Waals surface area (Å²) in [5.41, 5.74) is -0.763. The van der Waals surface area contributed by atoms with Gasteiger partial charge in [-0.2, -0.15) is 18.5 Å². The number of urea groups is 1. The summed E-state index contributed by atoms with van der Waals surface area (Å²) in [4.78, 5) is 27.2. The minimum atomic E-state index is -4.61. The van der Waals surface area contributed by atoms with E-state index in [1.165, 1.54) is 33.4 Å². The molecule has 2 aromatic heterocycles. The van der Waals surface area contributed by atoms with E-state index in [-0.39, 0.29) is 11.7 Å². The van der Waals surface area contributed by atoms with Crippen LogP contribution >= 0.6 is 11.6 Å². The van der Waals surface area contributed by atoms with Gasteiger partial charge < -0.3 is 14.6 Å². The number of anilines is 1. The number of methoxy groups -OCH3 is 2. The number of carbonyl (C=O) groups excluding carboxylic acids is 1. The standard InChI is InChI=1S/C13H14ClN5O7S/c1-19-11(9(12(20)21)10(14)17-19)27(23,24)18-13(22)16-7-4-6(25-2)5-8(15-7)26-3/h4-5H,1-3H3,(H,20,21)(H2,15,16,18,22). The normalized spacial score (nSPS) is 11.0. The number of nitrogens with one attached hydrogen (secondary N) is 2. The molecule has 146 valence electrons. The van der Waals surface area contributed by atoms with Gasteiger partial charge in [-0.15, -0.1) is 0 Å². The van der Waals surface area contributed by atoms with Crippen molar-refractivity contribution >= 4 is 39.4 Å². The molecular weight excluding hydrogens is 406 g/mol. The van der Waals surface area contributed by atoms with E-state index in [9.17, 15) is 18.0 Å². The number of aryl methyl sites for hydroxylation is 1. The molecule has 0 radical (unpaired) electrons. The van der Waals surface area contributed by atoms with Crippen LogP contribution in [0.1, 0.15) is 10.4 Å². The van der Waals surface area contributed by atoms with Crippen molar-refractivity contribution in [1.29, 1.82) is 0 Å². The van der Waals surface area contributed by atoms with Crippen LogP contribution in [0.4, 0.5) is 10.6 Å². The third-order valence-electron chi connectivity index (χ3n) is 3.11. The summed E-state index contributed by atoms with van der Waals surface area (Å²) in [5.74, 6) is -1.28. The molecule has 0 spiro atoms. The van der Waals surface area contributed by atoms with Crippen LogP contribution < -0.4 is 19.5 Å². The van der Waals surface area contributed by atoms with Crippen molar-refractivity contribution in [2.75, 3.05) is 19.5 Å². The summed E-state index contributed by atoms with van der Waals surface area (Å²) < 4.78 is 37.2. The number of aromatic carboxylic acids is 1. The highest BCUT2D eigenvalue weighted by Crippen LogP contribution is 2.24. The number of carboxylic acid groups (broad SMARTS) is 1. The van der Waals surface area contributed by atoms with Gasteiger partial charge in [0, 0.05) is 19.2 Å². The smallest absolute Gasteiger partial charge is 0.341 e. The number of carbonyl (C=O) groups is 2. The van der Waals surface area contributed by atoms with E-state index in [1.807, 2.05) is 0 Å². The fourth-order valence-corrected chi connectivity index (χ4v) is 3.62. The van der Waals surface area contributed by atoms with E-state index >= 15 is 0 Å². The number of carboxylic acids is 1. The maximum atomic E-state index is 12.4. The monoisotopic (exact) mass is 419 g/mol. The first-order chi connectivity index (χ1) is 12.6. The molecule has 0 aliphatic heterocycles. The lowest BCUT2D eigenvalue weighted by atomic mass is 10.4. The zero-order valence-corrected chi connectivity index (χ0v) is 15.8. The molecule has 2 aromatic rings. The summed E-state index contributed by atoms with van der Waals surface area (Å²) in [7, 11) is -0.727. The van der Waals surface area contributed by atoms with Crippen LogP contribution in [-0.2, 0) is 17.1 Å². The van der Waals surface area contributed by atoms with E-state index < -0.39 is 37.8 Å².